The number of hydrogen-bond acceptors (Lipinski definition) is 4. The van der Waals surface area contributed by atoms with Crippen molar-refractivity contribution < 1.29 is 9.47 Å². The zero-order valence-electron chi connectivity index (χ0n) is 11.3. The van der Waals surface area contributed by atoms with Gasteiger partial charge in [-0.1, -0.05) is 23.2 Å². The van der Waals surface area contributed by atoms with E-state index < -0.39 is 0 Å². The lowest BCUT2D eigenvalue weighted by atomic mass is 10.1. The topological polar surface area (TPSA) is 44.2 Å². The summed E-state index contributed by atoms with van der Waals surface area (Å²) < 4.78 is 11.7. The van der Waals surface area contributed by atoms with Crippen LogP contribution in [0.1, 0.15) is 12.5 Å². The number of rotatable bonds is 2. The molecule has 0 saturated heterocycles. The Morgan fingerprint density at radius 2 is 1.95 bits per heavy atom. The van der Waals surface area contributed by atoms with Gasteiger partial charge in [-0.2, -0.15) is 0 Å². The van der Waals surface area contributed by atoms with Gasteiger partial charge in [0.2, 0.25) is 0 Å². The summed E-state index contributed by atoms with van der Waals surface area (Å²) in [6.45, 7) is 2.02. The molecule has 0 spiro atoms. The van der Waals surface area contributed by atoms with Gasteiger partial charge in [0.25, 0.3) is 0 Å². The predicted octanol–water partition coefficient (Wildman–Crippen LogP) is 4.54. The number of halogens is 3. The molecule has 1 atom stereocenters. The van der Waals surface area contributed by atoms with Crippen molar-refractivity contribution in [2.45, 2.75) is 19.4 Å². The van der Waals surface area contributed by atoms with Gasteiger partial charge in [0, 0.05) is 12.0 Å². The van der Waals surface area contributed by atoms with Crippen LogP contribution < -0.4 is 9.47 Å². The molecule has 0 bridgehead atoms. The van der Waals surface area contributed by atoms with Gasteiger partial charge in [-0.05, 0) is 35.0 Å². The first-order valence-corrected chi connectivity index (χ1v) is 7.81. The molecule has 2 heterocycles. The molecule has 1 aliphatic heterocycles. The maximum atomic E-state index is 6.05. The molecule has 110 valence electrons. The number of fused-ring (bicyclic) bond motifs is 1. The molecule has 1 aliphatic rings. The van der Waals surface area contributed by atoms with Crippen molar-refractivity contribution in [2.24, 2.45) is 0 Å². The molecule has 0 amide bonds. The molecule has 0 fully saturated rings. The van der Waals surface area contributed by atoms with Gasteiger partial charge in [-0.15, -0.1) is 0 Å². The average Bonchev–Trinajstić information content (AvgIpc) is 2.81. The first kappa shape index (κ1) is 14.9. The van der Waals surface area contributed by atoms with E-state index in [0.29, 0.717) is 21.6 Å². The Kier molecular flexibility index (Phi) is 3.99. The number of nitrogens with zero attached hydrogens (tertiary/aromatic N) is 2. The molecule has 1 aromatic heterocycles. The number of ether oxygens (including phenoxy) is 2. The molecule has 1 aromatic carbocycles. The summed E-state index contributed by atoms with van der Waals surface area (Å²) >= 11 is 15.3. The SMILES string of the molecule is COc1cc2c(cc1-c1nc(Cl)c(Br)c(Cl)n1)OC(C)C2. The molecule has 7 heteroatoms. The van der Waals surface area contributed by atoms with Crippen molar-refractivity contribution in [2.75, 3.05) is 7.11 Å². The minimum Gasteiger partial charge on any atom is -0.496 e. The number of methoxy groups -OCH3 is 1. The minimum atomic E-state index is 0.151. The highest BCUT2D eigenvalue weighted by molar-refractivity contribution is 9.10. The smallest absolute Gasteiger partial charge is 0.166 e. The van der Waals surface area contributed by atoms with Crippen molar-refractivity contribution in [3.05, 3.63) is 32.5 Å². The Morgan fingerprint density at radius 1 is 1.29 bits per heavy atom. The number of hydrogen-bond donors (Lipinski definition) is 0. The minimum absolute atomic E-state index is 0.151. The van der Waals surface area contributed by atoms with Gasteiger partial charge in [-0.3, -0.25) is 0 Å². The molecule has 2 aromatic rings. The van der Waals surface area contributed by atoms with Crippen LogP contribution in [0.25, 0.3) is 11.4 Å². The molecule has 21 heavy (non-hydrogen) atoms. The maximum absolute atomic E-state index is 6.05. The summed E-state index contributed by atoms with van der Waals surface area (Å²) in [7, 11) is 1.60. The van der Waals surface area contributed by atoms with Crippen molar-refractivity contribution in [3.8, 4) is 22.9 Å². The molecule has 1 unspecified atom stereocenters. The van der Waals surface area contributed by atoms with Crippen LogP contribution in [0.15, 0.2) is 16.6 Å². The Hall–Kier alpha value is -1.04. The van der Waals surface area contributed by atoms with E-state index >= 15 is 0 Å². The van der Waals surface area contributed by atoms with Crippen molar-refractivity contribution in [1.29, 1.82) is 0 Å². The highest BCUT2D eigenvalue weighted by Gasteiger charge is 2.23. The lowest BCUT2D eigenvalue weighted by Gasteiger charge is -2.11. The van der Waals surface area contributed by atoms with Gasteiger partial charge < -0.3 is 9.47 Å². The molecule has 0 saturated carbocycles. The molecule has 3 rings (SSSR count). The summed E-state index contributed by atoms with van der Waals surface area (Å²) in [4.78, 5) is 8.49. The normalized spacial score (nSPS) is 16.5. The van der Waals surface area contributed by atoms with Crippen LogP contribution in [0.5, 0.6) is 11.5 Å². The lowest BCUT2D eigenvalue weighted by Crippen LogP contribution is -2.05. The van der Waals surface area contributed by atoms with Crippen LogP contribution >= 0.6 is 39.1 Å². The Bertz CT molecular complexity index is 701. The Morgan fingerprint density at radius 3 is 2.57 bits per heavy atom. The first-order chi connectivity index (χ1) is 9.99. The van der Waals surface area contributed by atoms with Crippen molar-refractivity contribution in [3.63, 3.8) is 0 Å². The van der Waals surface area contributed by atoms with E-state index in [1.807, 2.05) is 19.1 Å². The highest BCUT2D eigenvalue weighted by atomic mass is 79.9. The summed E-state index contributed by atoms with van der Waals surface area (Å²) in [5.74, 6) is 1.88. The highest BCUT2D eigenvalue weighted by Crippen LogP contribution is 2.40. The number of aromatic nitrogens is 2. The number of benzene rings is 1. The fourth-order valence-corrected chi connectivity index (χ4v) is 2.86. The third-order valence-electron chi connectivity index (χ3n) is 3.23. The standard InChI is InChI=1S/C14H11BrCl2N2O2/c1-6-3-7-4-10(20-2)8(5-9(7)21-6)14-18-12(16)11(15)13(17)19-14/h4-6H,3H2,1-2H3. The van der Waals surface area contributed by atoms with Gasteiger partial charge in [0.15, 0.2) is 5.82 Å². The summed E-state index contributed by atoms with van der Waals surface area (Å²) in [5, 5.41) is 0.503. The van der Waals surface area contributed by atoms with Gasteiger partial charge in [0.05, 0.1) is 17.1 Å². The average molecular weight is 390 g/mol. The zero-order valence-corrected chi connectivity index (χ0v) is 14.4. The third-order valence-corrected chi connectivity index (χ3v) is 4.98. The van der Waals surface area contributed by atoms with Crippen LogP contribution in [0.3, 0.4) is 0 Å². The summed E-state index contributed by atoms with van der Waals surface area (Å²) in [6, 6.07) is 3.81. The van der Waals surface area contributed by atoms with Crippen molar-refractivity contribution in [1.82, 2.24) is 9.97 Å². The molecular weight excluding hydrogens is 379 g/mol. The van der Waals surface area contributed by atoms with E-state index in [1.165, 1.54) is 0 Å². The van der Waals surface area contributed by atoms with Gasteiger partial charge in [-0.25, -0.2) is 9.97 Å². The quantitative estimate of drug-likeness (QED) is 0.707. The van der Waals surface area contributed by atoms with Crippen LogP contribution in [0, 0.1) is 0 Å². The van der Waals surface area contributed by atoms with Gasteiger partial charge >= 0.3 is 0 Å². The summed E-state index contributed by atoms with van der Waals surface area (Å²) in [5.41, 5.74) is 1.80. The third kappa shape index (κ3) is 2.70. The molecule has 0 N–H and O–H groups in total. The second-order valence-corrected chi connectivity index (χ2v) is 6.24. The van der Waals surface area contributed by atoms with Crippen LogP contribution in [-0.2, 0) is 6.42 Å². The molecule has 0 aliphatic carbocycles. The van der Waals surface area contributed by atoms with E-state index in [2.05, 4.69) is 25.9 Å². The predicted molar refractivity (Wildman–Crippen MR) is 85.5 cm³/mol. The second kappa shape index (κ2) is 5.63. The Balaban J connectivity index is 2.16. The monoisotopic (exact) mass is 388 g/mol. The fourth-order valence-electron chi connectivity index (χ4n) is 2.30. The lowest BCUT2D eigenvalue weighted by molar-refractivity contribution is 0.254. The first-order valence-electron chi connectivity index (χ1n) is 6.26. The van der Waals surface area contributed by atoms with Crippen molar-refractivity contribution >= 4 is 39.1 Å². The maximum Gasteiger partial charge on any atom is 0.166 e. The second-order valence-electron chi connectivity index (χ2n) is 4.74. The van der Waals surface area contributed by atoms with Gasteiger partial charge in [0.1, 0.15) is 27.9 Å². The fraction of sp³-hybridized carbons (Fsp3) is 0.286. The van der Waals surface area contributed by atoms with E-state index in [9.17, 15) is 0 Å². The molecule has 0 radical (unpaired) electrons. The largest absolute Gasteiger partial charge is 0.496 e. The van der Waals surface area contributed by atoms with E-state index in [4.69, 9.17) is 32.7 Å². The molecular formula is C14H11BrCl2N2O2. The van der Waals surface area contributed by atoms with Crippen LogP contribution in [0.4, 0.5) is 0 Å². The van der Waals surface area contributed by atoms with E-state index in [0.717, 1.165) is 17.7 Å². The Labute approximate surface area is 140 Å². The summed E-state index contributed by atoms with van der Waals surface area (Å²) in [6.07, 6.45) is 1.01. The van der Waals surface area contributed by atoms with Crippen LogP contribution in [-0.4, -0.2) is 23.2 Å². The van der Waals surface area contributed by atoms with Crippen LogP contribution in [0.2, 0.25) is 10.3 Å². The molecule has 4 nitrogen and oxygen atoms in total. The zero-order chi connectivity index (χ0) is 15.1. The van der Waals surface area contributed by atoms with E-state index in [1.54, 1.807) is 7.11 Å². The van der Waals surface area contributed by atoms with E-state index in [-0.39, 0.29) is 16.4 Å².